The van der Waals surface area contributed by atoms with Crippen LogP contribution >= 0.6 is 27.7 Å². The number of nitrogens with two attached hydrogens (primary N) is 1. The van der Waals surface area contributed by atoms with Crippen molar-refractivity contribution in [2.24, 2.45) is 0 Å². The molecule has 0 bridgehead atoms. The Morgan fingerprint density at radius 1 is 1.10 bits per heavy atom. The van der Waals surface area contributed by atoms with E-state index in [-0.39, 0.29) is 5.75 Å². The Hall–Kier alpha value is -0.980. The maximum atomic E-state index is 12.3. The van der Waals surface area contributed by atoms with Crippen molar-refractivity contribution in [3.8, 4) is 0 Å². The van der Waals surface area contributed by atoms with Crippen LogP contribution in [0.1, 0.15) is 0 Å². The van der Waals surface area contributed by atoms with Crippen molar-refractivity contribution in [1.82, 2.24) is 0 Å². The van der Waals surface area contributed by atoms with Gasteiger partial charge in [-0.05, 0) is 46.3 Å². The number of halogens is 1. The van der Waals surface area contributed by atoms with Gasteiger partial charge >= 0.3 is 0 Å². The van der Waals surface area contributed by atoms with Crippen LogP contribution < -0.4 is 5.73 Å². The third kappa shape index (κ3) is 4.01. The van der Waals surface area contributed by atoms with Gasteiger partial charge in [-0.2, -0.15) is 0 Å². The molecule has 106 valence electrons. The highest BCUT2D eigenvalue weighted by atomic mass is 79.9. The first kappa shape index (κ1) is 15.4. The second kappa shape index (κ2) is 6.65. The topological polar surface area (TPSA) is 60.2 Å². The Balaban J connectivity index is 2.04. The summed E-state index contributed by atoms with van der Waals surface area (Å²) in [6, 6.07) is 14.5. The zero-order chi connectivity index (χ0) is 14.6. The monoisotopic (exact) mass is 371 g/mol. The lowest BCUT2D eigenvalue weighted by molar-refractivity contribution is 0.597. The first-order valence-corrected chi connectivity index (χ1v) is 9.38. The number of rotatable bonds is 5. The van der Waals surface area contributed by atoms with Crippen LogP contribution in [0.25, 0.3) is 0 Å². The molecule has 0 aliphatic rings. The molecule has 0 saturated carbocycles. The number of benzene rings is 2. The summed E-state index contributed by atoms with van der Waals surface area (Å²) in [4.78, 5) is 1.36. The van der Waals surface area contributed by atoms with Gasteiger partial charge in [0.25, 0.3) is 0 Å². The van der Waals surface area contributed by atoms with E-state index < -0.39 is 9.84 Å². The Morgan fingerprint density at radius 3 is 2.45 bits per heavy atom. The van der Waals surface area contributed by atoms with Crippen molar-refractivity contribution < 1.29 is 8.42 Å². The summed E-state index contributed by atoms with van der Waals surface area (Å²) in [5.74, 6) is 0.609. The van der Waals surface area contributed by atoms with Crippen molar-refractivity contribution in [2.75, 3.05) is 17.2 Å². The van der Waals surface area contributed by atoms with Gasteiger partial charge in [-0.25, -0.2) is 8.42 Å². The van der Waals surface area contributed by atoms with Crippen molar-refractivity contribution in [2.45, 2.75) is 9.79 Å². The molecule has 6 heteroatoms. The highest BCUT2D eigenvalue weighted by molar-refractivity contribution is 9.10. The number of thioether (sulfide) groups is 1. The van der Waals surface area contributed by atoms with E-state index in [0.717, 1.165) is 4.90 Å². The molecule has 2 rings (SSSR count). The van der Waals surface area contributed by atoms with E-state index in [9.17, 15) is 8.42 Å². The molecule has 0 saturated heterocycles. The number of nitrogen functional groups attached to an aromatic ring is 1. The maximum Gasteiger partial charge on any atom is 0.180 e. The fraction of sp³-hybridized carbons (Fsp3) is 0.143. The summed E-state index contributed by atoms with van der Waals surface area (Å²) in [7, 11) is -3.30. The molecule has 0 atom stereocenters. The number of hydrogen-bond donors (Lipinski definition) is 1. The summed E-state index contributed by atoms with van der Waals surface area (Å²) in [6.07, 6.45) is 0. The van der Waals surface area contributed by atoms with E-state index in [4.69, 9.17) is 5.73 Å². The highest BCUT2D eigenvalue weighted by Crippen LogP contribution is 2.26. The molecule has 20 heavy (non-hydrogen) atoms. The SMILES string of the molecule is Nc1ccc(S(=O)(=O)CCSc2ccccc2)c(Br)c1. The molecule has 0 aliphatic carbocycles. The maximum absolute atomic E-state index is 12.3. The van der Waals surface area contributed by atoms with Gasteiger partial charge in [0.15, 0.2) is 9.84 Å². The van der Waals surface area contributed by atoms with Crippen molar-refractivity contribution in [1.29, 1.82) is 0 Å². The Morgan fingerprint density at radius 2 is 1.80 bits per heavy atom. The van der Waals surface area contributed by atoms with E-state index in [1.807, 2.05) is 30.3 Å². The molecule has 0 aromatic heterocycles. The zero-order valence-corrected chi connectivity index (χ0v) is 13.8. The first-order valence-electron chi connectivity index (χ1n) is 5.95. The molecular formula is C14H14BrNO2S2. The van der Waals surface area contributed by atoms with Crippen molar-refractivity contribution in [3.63, 3.8) is 0 Å². The van der Waals surface area contributed by atoms with Crippen molar-refractivity contribution in [3.05, 3.63) is 53.0 Å². The van der Waals surface area contributed by atoms with Gasteiger partial charge < -0.3 is 5.73 Å². The van der Waals surface area contributed by atoms with Crippen LogP contribution in [0.2, 0.25) is 0 Å². The summed E-state index contributed by atoms with van der Waals surface area (Å²) < 4.78 is 25.1. The lowest BCUT2D eigenvalue weighted by Crippen LogP contribution is -2.09. The fourth-order valence-corrected chi connectivity index (χ4v) is 5.45. The van der Waals surface area contributed by atoms with Gasteiger partial charge in [0.2, 0.25) is 0 Å². The number of sulfone groups is 1. The van der Waals surface area contributed by atoms with Gasteiger partial charge in [0.05, 0.1) is 10.6 Å². The molecule has 2 aromatic rings. The average molecular weight is 372 g/mol. The molecule has 0 radical (unpaired) electrons. The van der Waals surface area contributed by atoms with Crippen LogP contribution in [0.4, 0.5) is 5.69 Å². The third-order valence-corrected chi connectivity index (χ3v) is 6.61. The average Bonchev–Trinajstić information content (AvgIpc) is 2.39. The van der Waals surface area contributed by atoms with Gasteiger partial charge in [0, 0.05) is 20.8 Å². The molecule has 0 aliphatic heterocycles. The number of hydrogen-bond acceptors (Lipinski definition) is 4. The van der Waals surface area contributed by atoms with Crippen LogP contribution in [0, 0.1) is 0 Å². The summed E-state index contributed by atoms with van der Waals surface area (Å²) in [5.41, 5.74) is 6.15. The normalized spacial score (nSPS) is 11.4. The Kier molecular flexibility index (Phi) is 5.12. The predicted molar refractivity (Wildman–Crippen MR) is 87.8 cm³/mol. The van der Waals surface area contributed by atoms with E-state index in [2.05, 4.69) is 15.9 Å². The molecule has 2 aromatic carbocycles. The van der Waals surface area contributed by atoms with Crippen LogP contribution in [-0.4, -0.2) is 19.9 Å². The van der Waals surface area contributed by atoms with Gasteiger partial charge in [0.1, 0.15) is 0 Å². The van der Waals surface area contributed by atoms with E-state index in [0.29, 0.717) is 20.8 Å². The van der Waals surface area contributed by atoms with Gasteiger partial charge in [-0.3, -0.25) is 0 Å². The zero-order valence-electron chi connectivity index (χ0n) is 10.6. The Labute approximate surface area is 131 Å². The number of anilines is 1. The lowest BCUT2D eigenvalue weighted by atomic mass is 10.3. The summed E-state index contributed by atoms with van der Waals surface area (Å²) >= 11 is 4.79. The molecule has 0 spiro atoms. The molecule has 0 heterocycles. The van der Waals surface area contributed by atoms with E-state index in [1.165, 1.54) is 11.8 Å². The van der Waals surface area contributed by atoms with Crippen LogP contribution in [0.15, 0.2) is 62.8 Å². The molecular weight excluding hydrogens is 358 g/mol. The Bertz CT molecular complexity index is 688. The summed E-state index contributed by atoms with van der Waals surface area (Å²) in [6.45, 7) is 0. The molecule has 0 fully saturated rings. The molecule has 0 unspecified atom stereocenters. The minimum atomic E-state index is -3.30. The fourth-order valence-electron chi connectivity index (χ4n) is 1.67. The molecule has 2 N–H and O–H groups in total. The minimum Gasteiger partial charge on any atom is -0.399 e. The lowest BCUT2D eigenvalue weighted by Gasteiger charge is -2.07. The van der Waals surface area contributed by atoms with Gasteiger partial charge in [-0.1, -0.05) is 18.2 Å². The quantitative estimate of drug-likeness (QED) is 0.644. The van der Waals surface area contributed by atoms with Crippen molar-refractivity contribution >= 4 is 43.2 Å². The minimum absolute atomic E-state index is 0.0923. The van der Waals surface area contributed by atoms with E-state index in [1.54, 1.807) is 18.2 Å². The van der Waals surface area contributed by atoms with Crippen LogP contribution in [-0.2, 0) is 9.84 Å². The third-order valence-electron chi connectivity index (χ3n) is 2.65. The van der Waals surface area contributed by atoms with Gasteiger partial charge in [-0.15, -0.1) is 11.8 Å². The molecule has 0 amide bonds. The molecule has 3 nitrogen and oxygen atoms in total. The highest BCUT2D eigenvalue weighted by Gasteiger charge is 2.17. The van der Waals surface area contributed by atoms with Crippen LogP contribution in [0.3, 0.4) is 0 Å². The van der Waals surface area contributed by atoms with E-state index >= 15 is 0 Å². The largest absolute Gasteiger partial charge is 0.399 e. The van der Waals surface area contributed by atoms with Crippen LogP contribution in [0.5, 0.6) is 0 Å². The second-order valence-corrected chi connectivity index (χ2v) is 8.27. The standard InChI is InChI=1S/C14H14BrNO2S2/c15-13-10-11(16)6-7-14(13)20(17,18)9-8-19-12-4-2-1-3-5-12/h1-7,10H,8-9,16H2. The second-order valence-electron chi connectivity index (χ2n) is 4.17. The summed E-state index contributed by atoms with van der Waals surface area (Å²) in [5, 5.41) is 0. The smallest absolute Gasteiger partial charge is 0.180 e. The predicted octanol–water partition coefficient (Wildman–Crippen LogP) is 3.60. The first-order chi connectivity index (χ1) is 9.49.